The molecule has 0 rings (SSSR count). The van der Waals surface area contributed by atoms with Gasteiger partial charge in [-0.25, -0.2) is 0 Å². The summed E-state index contributed by atoms with van der Waals surface area (Å²) in [6, 6.07) is 0. The van der Waals surface area contributed by atoms with Crippen molar-refractivity contribution in [2.45, 2.75) is 26.2 Å². The van der Waals surface area contributed by atoms with Crippen molar-refractivity contribution >= 4 is 0 Å². The van der Waals surface area contributed by atoms with Crippen molar-refractivity contribution in [3.05, 3.63) is 6.79 Å². The van der Waals surface area contributed by atoms with E-state index in [0.29, 0.717) is 6.61 Å². The van der Waals surface area contributed by atoms with Gasteiger partial charge in [-0.15, -0.1) is 0 Å². The lowest BCUT2D eigenvalue weighted by Gasteiger charge is -1.95. The van der Waals surface area contributed by atoms with Gasteiger partial charge in [0.25, 0.3) is 0 Å². The highest BCUT2D eigenvalue weighted by molar-refractivity contribution is 4.35. The van der Waals surface area contributed by atoms with Gasteiger partial charge in [-0.2, -0.15) is 0 Å². The van der Waals surface area contributed by atoms with Crippen LogP contribution in [0.5, 0.6) is 0 Å². The molecule has 0 aromatic rings. The number of aliphatic hydroxyl groups excluding tert-OH is 1. The molecule has 2 heteroatoms. The molecule has 0 aromatic carbocycles. The van der Waals surface area contributed by atoms with Crippen LogP contribution >= 0.6 is 0 Å². The third kappa shape index (κ3) is 5.92. The van der Waals surface area contributed by atoms with Crippen LogP contribution in [0, 0.1) is 6.79 Å². The Morgan fingerprint density at radius 1 is 1.50 bits per heavy atom. The third-order valence-electron chi connectivity index (χ3n) is 0.940. The highest BCUT2D eigenvalue weighted by Crippen LogP contribution is 1.93. The molecule has 0 aliphatic carbocycles. The minimum absolute atomic E-state index is 0.643. The fourth-order valence-corrected chi connectivity index (χ4v) is 0.488. The van der Waals surface area contributed by atoms with E-state index in [1.807, 2.05) is 0 Å². The zero-order valence-electron chi connectivity index (χ0n) is 5.26. The van der Waals surface area contributed by atoms with E-state index in [0.717, 1.165) is 13.2 Å². The standard InChI is InChI=1S/C6H13O2/c1-2-3-4-5-8-6-7/h6-7H,2-5H2,1H3. The largest absolute Gasteiger partial charge is 0.364 e. The second kappa shape index (κ2) is 6.92. The van der Waals surface area contributed by atoms with E-state index in [-0.39, 0.29) is 0 Å². The molecule has 0 spiro atoms. The molecule has 2 nitrogen and oxygen atoms in total. The normalized spacial score (nSPS) is 9.75. The van der Waals surface area contributed by atoms with Crippen LogP contribution < -0.4 is 0 Å². The lowest BCUT2D eigenvalue weighted by molar-refractivity contribution is 0.0759. The SMILES string of the molecule is CCCCCO[CH]O. The van der Waals surface area contributed by atoms with Crippen molar-refractivity contribution in [3.63, 3.8) is 0 Å². The number of aliphatic hydroxyl groups is 1. The molecule has 0 aliphatic heterocycles. The van der Waals surface area contributed by atoms with Gasteiger partial charge < -0.3 is 9.84 Å². The molecule has 0 fully saturated rings. The topological polar surface area (TPSA) is 29.5 Å². The summed E-state index contributed by atoms with van der Waals surface area (Å²) in [7, 11) is 0. The third-order valence-corrected chi connectivity index (χ3v) is 0.940. The van der Waals surface area contributed by atoms with Crippen LogP contribution in [0.1, 0.15) is 26.2 Å². The molecule has 0 bridgehead atoms. The summed E-state index contributed by atoms with van der Waals surface area (Å²) >= 11 is 0. The maximum atomic E-state index is 8.02. The molecule has 49 valence electrons. The summed E-state index contributed by atoms with van der Waals surface area (Å²) in [6.07, 6.45) is 3.40. The Morgan fingerprint density at radius 2 is 2.25 bits per heavy atom. The molecule has 0 saturated carbocycles. The molecule has 0 amide bonds. The fraction of sp³-hybridized carbons (Fsp3) is 0.833. The van der Waals surface area contributed by atoms with Crippen molar-refractivity contribution in [1.29, 1.82) is 0 Å². The van der Waals surface area contributed by atoms with Gasteiger partial charge in [0.05, 0.1) is 0 Å². The molecule has 0 atom stereocenters. The molecule has 1 radical (unpaired) electrons. The van der Waals surface area contributed by atoms with Gasteiger partial charge in [0.1, 0.15) is 0 Å². The zero-order chi connectivity index (χ0) is 6.24. The molecule has 0 heterocycles. The van der Waals surface area contributed by atoms with Crippen LogP contribution in [0.3, 0.4) is 0 Å². The van der Waals surface area contributed by atoms with Crippen molar-refractivity contribution in [1.82, 2.24) is 0 Å². The van der Waals surface area contributed by atoms with Crippen LogP contribution in [-0.4, -0.2) is 11.7 Å². The quantitative estimate of drug-likeness (QED) is 0.555. The van der Waals surface area contributed by atoms with Gasteiger partial charge in [0.15, 0.2) is 0 Å². The van der Waals surface area contributed by atoms with Gasteiger partial charge >= 0.3 is 0 Å². The Balaban J connectivity index is 2.53. The summed E-state index contributed by atoms with van der Waals surface area (Å²) in [4.78, 5) is 0. The Bertz CT molecular complexity index is 31.5. The molecule has 0 unspecified atom stereocenters. The molecule has 0 aromatic heterocycles. The monoisotopic (exact) mass is 117 g/mol. The summed E-state index contributed by atoms with van der Waals surface area (Å²) in [6.45, 7) is 3.52. The average molecular weight is 117 g/mol. The summed E-state index contributed by atoms with van der Waals surface area (Å²) < 4.78 is 4.57. The van der Waals surface area contributed by atoms with Gasteiger partial charge in [-0.3, -0.25) is 0 Å². The molecular weight excluding hydrogens is 104 g/mol. The van der Waals surface area contributed by atoms with E-state index in [4.69, 9.17) is 5.11 Å². The van der Waals surface area contributed by atoms with Crippen LogP contribution in [0.15, 0.2) is 0 Å². The first-order chi connectivity index (χ1) is 3.91. The maximum absolute atomic E-state index is 8.02. The van der Waals surface area contributed by atoms with Gasteiger partial charge in [0.2, 0.25) is 6.79 Å². The first-order valence-corrected chi connectivity index (χ1v) is 2.99. The van der Waals surface area contributed by atoms with Gasteiger partial charge in [-0.05, 0) is 6.42 Å². The number of ether oxygens (including phenoxy) is 1. The van der Waals surface area contributed by atoms with Gasteiger partial charge in [0, 0.05) is 6.61 Å². The van der Waals surface area contributed by atoms with E-state index in [1.165, 1.54) is 12.8 Å². The Kier molecular flexibility index (Phi) is 6.85. The first kappa shape index (κ1) is 7.92. The molecular formula is C6H13O2. The van der Waals surface area contributed by atoms with Crippen molar-refractivity contribution in [2.24, 2.45) is 0 Å². The Hall–Kier alpha value is -0.0800. The lowest BCUT2D eigenvalue weighted by Crippen LogP contribution is -1.89. The number of hydrogen-bond acceptors (Lipinski definition) is 2. The first-order valence-electron chi connectivity index (χ1n) is 2.99. The number of rotatable bonds is 5. The molecule has 0 saturated heterocycles. The van der Waals surface area contributed by atoms with Crippen molar-refractivity contribution in [3.8, 4) is 0 Å². The predicted molar refractivity (Wildman–Crippen MR) is 31.7 cm³/mol. The Labute approximate surface area is 50.5 Å². The maximum Gasteiger partial charge on any atom is 0.206 e. The summed E-state index contributed by atoms with van der Waals surface area (Å²) in [5.41, 5.74) is 0. The minimum Gasteiger partial charge on any atom is -0.364 e. The van der Waals surface area contributed by atoms with E-state index in [9.17, 15) is 0 Å². The number of unbranched alkanes of at least 4 members (excludes halogenated alkanes) is 2. The highest BCUT2D eigenvalue weighted by Gasteiger charge is 1.83. The van der Waals surface area contributed by atoms with E-state index >= 15 is 0 Å². The second-order valence-electron chi connectivity index (χ2n) is 1.68. The average Bonchev–Trinajstić information content (AvgIpc) is 1.81. The van der Waals surface area contributed by atoms with Crippen LogP contribution in [0.4, 0.5) is 0 Å². The highest BCUT2D eigenvalue weighted by atomic mass is 16.6. The fourth-order valence-electron chi connectivity index (χ4n) is 0.488. The smallest absolute Gasteiger partial charge is 0.206 e. The Morgan fingerprint density at radius 3 is 2.75 bits per heavy atom. The number of hydrogen-bond donors (Lipinski definition) is 1. The molecule has 0 aliphatic rings. The van der Waals surface area contributed by atoms with Crippen molar-refractivity contribution < 1.29 is 9.84 Å². The molecule has 1 N–H and O–H groups in total. The van der Waals surface area contributed by atoms with Crippen LogP contribution in [0.25, 0.3) is 0 Å². The molecule has 8 heavy (non-hydrogen) atoms. The van der Waals surface area contributed by atoms with Gasteiger partial charge in [-0.1, -0.05) is 19.8 Å². The summed E-state index contributed by atoms with van der Waals surface area (Å²) in [5.74, 6) is 0. The van der Waals surface area contributed by atoms with Crippen molar-refractivity contribution in [2.75, 3.05) is 6.61 Å². The second-order valence-corrected chi connectivity index (χ2v) is 1.68. The predicted octanol–water partition coefficient (Wildman–Crippen LogP) is 1.68. The van der Waals surface area contributed by atoms with E-state index < -0.39 is 0 Å². The summed E-state index contributed by atoms with van der Waals surface area (Å²) in [5, 5.41) is 8.02. The van der Waals surface area contributed by atoms with E-state index in [2.05, 4.69) is 11.7 Å². The van der Waals surface area contributed by atoms with Crippen LogP contribution in [-0.2, 0) is 4.74 Å². The van der Waals surface area contributed by atoms with Crippen LogP contribution in [0.2, 0.25) is 0 Å². The minimum atomic E-state index is 0.643. The lowest BCUT2D eigenvalue weighted by atomic mass is 10.3. The zero-order valence-corrected chi connectivity index (χ0v) is 5.26. The van der Waals surface area contributed by atoms with E-state index in [1.54, 1.807) is 0 Å².